The van der Waals surface area contributed by atoms with Gasteiger partial charge in [-0.2, -0.15) is 0 Å². The summed E-state index contributed by atoms with van der Waals surface area (Å²) in [7, 11) is 0. The number of phenolic OH excluding ortho intramolecular Hbond substituents is 1. The lowest BCUT2D eigenvalue weighted by atomic mass is 9.72. The molecule has 1 aliphatic heterocycles. The first kappa shape index (κ1) is 9.93. The summed E-state index contributed by atoms with van der Waals surface area (Å²) in [4.78, 5) is 0. The summed E-state index contributed by atoms with van der Waals surface area (Å²) in [5.74, 6) is -0.165. The van der Waals surface area contributed by atoms with Gasteiger partial charge in [-0.15, -0.1) is 0 Å². The Morgan fingerprint density at radius 2 is 2.06 bits per heavy atom. The first-order valence-corrected chi connectivity index (χ1v) is 5.56. The van der Waals surface area contributed by atoms with E-state index in [1.165, 1.54) is 0 Å². The molecule has 0 saturated heterocycles. The van der Waals surface area contributed by atoms with Gasteiger partial charge in [0.25, 0.3) is 0 Å². The standard InChI is InChI=1S/C11H11ClN2O2/c12-7-3-2-6-8(9(7)15)10(13)14(16)11(6)4-1-5-11/h2-3,13,15-16H,1,4-5H2. The zero-order valence-corrected chi connectivity index (χ0v) is 9.25. The topological polar surface area (TPSA) is 67.5 Å². The maximum atomic E-state index is 9.96. The van der Waals surface area contributed by atoms with Crippen LogP contribution >= 0.6 is 11.6 Å². The molecule has 4 nitrogen and oxygen atoms in total. The van der Waals surface area contributed by atoms with Crippen LogP contribution in [0.15, 0.2) is 12.1 Å². The highest BCUT2D eigenvalue weighted by Crippen LogP contribution is 2.53. The number of fused-ring (bicyclic) bond motifs is 2. The molecule has 0 bridgehead atoms. The van der Waals surface area contributed by atoms with Crippen LogP contribution in [0, 0.1) is 5.41 Å². The number of hydrogen-bond acceptors (Lipinski definition) is 3. The molecule has 3 N–H and O–H groups in total. The highest BCUT2D eigenvalue weighted by atomic mass is 35.5. The number of amidine groups is 1. The second kappa shape index (κ2) is 2.90. The van der Waals surface area contributed by atoms with Gasteiger partial charge in [-0.25, -0.2) is 5.06 Å². The molecule has 0 atom stereocenters. The van der Waals surface area contributed by atoms with Crippen LogP contribution in [0.2, 0.25) is 5.02 Å². The van der Waals surface area contributed by atoms with Crippen molar-refractivity contribution in [1.82, 2.24) is 5.06 Å². The third-order valence-electron chi connectivity index (χ3n) is 3.66. The van der Waals surface area contributed by atoms with Gasteiger partial charge in [0.05, 0.1) is 16.1 Å². The Morgan fingerprint density at radius 1 is 1.38 bits per heavy atom. The predicted octanol–water partition coefficient (Wildman–Crippen LogP) is 2.45. The Bertz CT molecular complexity index is 497. The number of halogens is 1. The molecular weight excluding hydrogens is 228 g/mol. The summed E-state index contributed by atoms with van der Waals surface area (Å²) in [6.07, 6.45) is 2.63. The van der Waals surface area contributed by atoms with Crippen LogP contribution < -0.4 is 0 Å². The lowest BCUT2D eigenvalue weighted by Crippen LogP contribution is -2.46. The third-order valence-corrected chi connectivity index (χ3v) is 3.97. The summed E-state index contributed by atoms with van der Waals surface area (Å²) >= 11 is 5.81. The summed E-state index contributed by atoms with van der Waals surface area (Å²) in [5, 5.41) is 28.8. The fourth-order valence-electron chi connectivity index (χ4n) is 2.62. The molecule has 1 aliphatic carbocycles. The summed E-state index contributed by atoms with van der Waals surface area (Å²) in [6.45, 7) is 0. The van der Waals surface area contributed by atoms with E-state index in [0.717, 1.165) is 29.9 Å². The Kier molecular flexibility index (Phi) is 1.80. The average molecular weight is 239 g/mol. The Morgan fingerprint density at radius 3 is 2.62 bits per heavy atom. The normalized spacial score (nSPS) is 21.1. The van der Waals surface area contributed by atoms with Gasteiger partial charge in [-0.05, 0) is 30.9 Å². The highest BCUT2D eigenvalue weighted by molar-refractivity contribution is 6.32. The molecule has 2 aliphatic rings. The molecule has 84 valence electrons. The van der Waals surface area contributed by atoms with Gasteiger partial charge < -0.3 is 5.11 Å². The van der Waals surface area contributed by atoms with Gasteiger partial charge in [-0.3, -0.25) is 10.6 Å². The van der Waals surface area contributed by atoms with E-state index in [1.54, 1.807) is 12.1 Å². The molecule has 3 rings (SSSR count). The second-order valence-electron chi connectivity index (χ2n) is 4.36. The summed E-state index contributed by atoms with van der Waals surface area (Å²) in [5.41, 5.74) is 0.692. The molecule has 16 heavy (non-hydrogen) atoms. The minimum absolute atomic E-state index is 0.0605. The van der Waals surface area contributed by atoms with Crippen LogP contribution in [0.25, 0.3) is 0 Å². The van der Waals surface area contributed by atoms with E-state index >= 15 is 0 Å². The minimum Gasteiger partial charge on any atom is -0.506 e. The number of hydrogen-bond donors (Lipinski definition) is 3. The summed E-state index contributed by atoms with van der Waals surface area (Å²) < 4.78 is 0. The molecule has 1 aromatic carbocycles. The van der Waals surface area contributed by atoms with Crippen molar-refractivity contribution in [1.29, 1.82) is 5.41 Å². The molecule has 1 aromatic rings. The molecule has 0 aromatic heterocycles. The number of nitrogens with zero attached hydrogens (tertiary/aromatic N) is 1. The molecular formula is C11H11ClN2O2. The fourth-order valence-corrected chi connectivity index (χ4v) is 2.78. The van der Waals surface area contributed by atoms with Gasteiger partial charge >= 0.3 is 0 Å². The second-order valence-corrected chi connectivity index (χ2v) is 4.77. The van der Waals surface area contributed by atoms with Crippen LogP contribution in [0.3, 0.4) is 0 Å². The van der Waals surface area contributed by atoms with Crippen LogP contribution in [0.5, 0.6) is 5.75 Å². The zero-order chi connectivity index (χ0) is 11.5. The van der Waals surface area contributed by atoms with Crippen LogP contribution in [0.4, 0.5) is 0 Å². The number of nitrogens with one attached hydrogen (secondary N) is 1. The van der Waals surface area contributed by atoms with Gasteiger partial charge in [0.1, 0.15) is 5.75 Å². The highest BCUT2D eigenvalue weighted by Gasteiger charge is 2.53. The molecule has 1 saturated carbocycles. The van der Waals surface area contributed by atoms with Crippen LogP contribution in [-0.2, 0) is 5.54 Å². The SMILES string of the molecule is N=C1c2c(ccc(Cl)c2O)C2(CCC2)N1O. The monoisotopic (exact) mass is 238 g/mol. The van der Waals surface area contributed by atoms with Gasteiger partial charge in [0.15, 0.2) is 5.84 Å². The number of hydroxylamine groups is 2. The predicted molar refractivity (Wildman–Crippen MR) is 59.1 cm³/mol. The minimum atomic E-state index is -0.492. The van der Waals surface area contributed by atoms with Crippen molar-refractivity contribution in [2.24, 2.45) is 0 Å². The van der Waals surface area contributed by atoms with Crippen molar-refractivity contribution >= 4 is 17.4 Å². The fraction of sp³-hybridized carbons (Fsp3) is 0.364. The molecule has 0 unspecified atom stereocenters. The zero-order valence-electron chi connectivity index (χ0n) is 8.50. The van der Waals surface area contributed by atoms with Crippen molar-refractivity contribution in [3.63, 3.8) is 0 Å². The Balaban J connectivity index is 2.28. The van der Waals surface area contributed by atoms with Crippen molar-refractivity contribution < 1.29 is 10.3 Å². The molecule has 0 amide bonds. The van der Waals surface area contributed by atoms with E-state index in [0.29, 0.717) is 5.56 Å². The molecule has 1 spiro atoms. The lowest BCUT2D eigenvalue weighted by molar-refractivity contribution is -0.138. The molecule has 5 heteroatoms. The maximum absolute atomic E-state index is 9.96. The average Bonchev–Trinajstić information content (AvgIpc) is 2.43. The van der Waals surface area contributed by atoms with E-state index in [1.807, 2.05) is 0 Å². The number of phenols is 1. The van der Waals surface area contributed by atoms with Gasteiger partial charge in [0, 0.05) is 0 Å². The maximum Gasteiger partial charge on any atom is 0.157 e. The van der Waals surface area contributed by atoms with Crippen LogP contribution in [0.1, 0.15) is 30.4 Å². The van der Waals surface area contributed by atoms with Crippen molar-refractivity contribution in [3.05, 3.63) is 28.3 Å². The van der Waals surface area contributed by atoms with E-state index in [-0.39, 0.29) is 16.6 Å². The van der Waals surface area contributed by atoms with E-state index in [4.69, 9.17) is 17.0 Å². The quantitative estimate of drug-likeness (QED) is 0.650. The van der Waals surface area contributed by atoms with E-state index in [2.05, 4.69) is 0 Å². The Hall–Kier alpha value is -1.26. The van der Waals surface area contributed by atoms with Crippen molar-refractivity contribution in [2.45, 2.75) is 24.8 Å². The first-order chi connectivity index (χ1) is 7.58. The number of aromatic hydroxyl groups is 1. The van der Waals surface area contributed by atoms with Crippen molar-refractivity contribution in [2.75, 3.05) is 0 Å². The third kappa shape index (κ3) is 0.918. The largest absolute Gasteiger partial charge is 0.506 e. The van der Waals surface area contributed by atoms with Gasteiger partial charge in [0.2, 0.25) is 0 Å². The van der Waals surface area contributed by atoms with E-state index in [9.17, 15) is 10.3 Å². The molecule has 1 heterocycles. The Labute approximate surface area is 97.5 Å². The summed E-state index contributed by atoms with van der Waals surface area (Å²) in [6, 6.07) is 3.41. The molecule has 0 radical (unpaired) electrons. The van der Waals surface area contributed by atoms with Crippen molar-refractivity contribution in [3.8, 4) is 5.75 Å². The lowest BCUT2D eigenvalue weighted by Gasteiger charge is -2.43. The van der Waals surface area contributed by atoms with E-state index < -0.39 is 5.54 Å². The smallest absolute Gasteiger partial charge is 0.157 e. The van der Waals surface area contributed by atoms with Gasteiger partial charge in [-0.1, -0.05) is 17.7 Å². The number of benzene rings is 1. The first-order valence-electron chi connectivity index (χ1n) is 5.18. The molecule has 1 fully saturated rings. The van der Waals surface area contributed by atoms with Crippen LogP contribution in [-0.4, -0.2) is 21.2 Å². The number of rotatable bonds is 0.